The molecule has 5 amide bonds. The van der Waals surface area contributed by atoms with E-state index in [-0.39, 0.29) is 65.1 Å². The van der Waals surface area contributed by atoms with Crippen molar-refractivity contribution in [1.29, 1.82) is 0 Å². The second-order valence-corrected chi connectivity index (χ2v) is 13.8. The quantitative estimate of drug-likeness (QED) is 0.0447. The number of carbonyl (C=O) groups excluding carboxylic acids is 5. The van der Waals surface area contributed by atoms with Crippen LogP contribution in [0.1, 0.15) is 38.5 Å². The molecule has 0 spiro atoms. The summed E-state index contributed by atoms with van der Waals surface area (Å²) in [4.78, 5) is 63.2. The van der Waals surface area contributed by atoms with Crippen LogP contribution in [0.2, 0.25) is 0 Å². The fourth-order valence-corrected chi connectivity index (χ4v) is 8.00. The summed E-state index contributed by atoms with van der Waals surface area (Å²) < 4.78 is 32.9. The van der Waals surface area contributed by atoms with Gasteiger partial charge in [-0.15, -0.1) is 5.06 Å². The van der Waals surface area contributed by atoms with Crippen LogP contribution in [0.15, 0.2) is 0 Å². The predicted molar refractivity (Wildman–Crippen MR) is 133 cm³/mol. The van der Waals surface area contributed by atoms with E-state index in [1.165, 1.54) is 21.6 Å². The van der Waals surface area contributed by atoms with Gasteiger partial charge in [0.2, 0.25) is 5.91 Å². The number of hydroxylamine groups is 2. The first kappa shape index (κ1) is 32.5. The van der Waals surface area contributed by atoms with E-state index in [0.717, 1.165) is 25.0 Å². The van der Waals surface area contributed by atoms with Gasteiger partial charge in [0, 0.05) is 35.5 Å². The summed E-state index contributed by atoms with van der Waals surface area (Å²) in [7, 11) is -2.25. The molecule has 0 bridgehead atoms. The van der Waals surface area contributed by atoms with Crippen molar-refractivity contribution in [2.75, 3.05) is 23.8 Å². The fourth-order valence-electron chi connectivity index (χ4n) is 3.89. The number of unbranched alkanes of at least 4 members (excludes halogenated alkanes) is 1. The van der Waals surface area contributed by atoms with Gasteiger partial charge in [-0.1, -0.05) is 28.0 Å². The van der Waals surface area contributed by atoms with E-state index in [1.54, 1.807) is 0 Å². The molecule has 13 nitrogen and oxygen atoms in total. The van der Waals surface area contributed by atoms with Gasteiger partial charge in [-0.05, 0) is 12.8 Å². The number of imide groups is 1. The summed E-state index contributed by atoms with van der Waals surface area (Å²) in [6.45, 7) is 0.461. The number of thioether (sulfide) groups is 1. The number of nitrogens with zero attached hydrogens (tertiary/aromatic N) is 1. The number of carbonyl (C=O) groups is 5. The van der Waals surface area contributed by atoms with E-state index in [9.17, 15) is 36.9 Å². The topological polar surface area (TPSA) is 191 Å². The van der Waals surface area contributed by atoms with E-state index >= 15 is 0 Å². The number of urea groups is 1. The van der Waals surface area contributed by atoms with Gasteiger partial charge in [0.05, 0.1) is 24.9 Å². The molecule has 0 aromatic rings. The maximum Gasteiger partial charge on any atom is 1.00 e. The number of nitrogens with one attached hydrogen (secondary N) is 3. The first-order valence-corrected chi connectivity index (χ1v) is 16.3. The Kier molecular flexibility index (Phi) is 13.4. The van der Waals surface area contributed by atoms with Gasteiger partial charge >= 0.3 is 41.6 Å². The van der Waals surface area contributed by atoms with Crippen LogP contribution >= 0.6 is 33.3 Å². The summed E-state index contributed by atoms with van der Waals surface area (Å²) in [6.07, 6.45) is 2.08. The Morgan fingerprint density at radius 1 is 1.14 bits per heavy atom. The van der Waals surface area contributed by atoms with E-state index in [4.69, 9.17) is 0 Å². The molecule has 3 fully saturated rings. The molecule has 0 radical (unpaired) electrons. The zero-order valence-corrected chi connectivity index (χ0v) is 25.4. The summed E-state index contributed by atoms with van der Waals surface area (Å²) in [5.74, 6) is -1.53. The Labute approximate surface area is 248 Å². The number of hydrogen-bond acceptors (Lipinski definition) is 12. The largest absolute Gasteiger partial charge is 1.00 e. The van der Waals surface area contributed by atoms with Crippen LogP contribution in [0.5, 0.6) is 0 Å². The molecule has 4 atom stereocenters. The van der Waals surface area contributed by atoms with E-state index in [0.29, 0.717) is 29.7 Å². The fraction of sp³-hybridized carbons (Fsp3) is 0.737. The maximum atomic E-state index is 12.0. The Hall–Kier alpha value is -0.690. The third kappa shape index (κ3) is 9.77. The molecule has 0 aromatic carbocycles. The van der Waals surface area contributed by atoms with Crippen molar-refractivity contribution >= 4 is 73.2 Å². The van der Waals surface area contributed by atoms with Gasteiger partial charge in [0.15, 0.2) is 0 Å². The molecule has 1 unspecified atom stereocenters. The van der Waals surface area contributed by atoms with Gasteiger partial charge in [-0.3, -0.25) is 14.4 Å². The van der Waals surface area contributed by atoms with Crippen LogP contribution < -0.4 is 45.5 Å². The summed E-state index contributed by atoms with van der Waals surface area (Å²) in [5, 5.41) is 7.06. The Morgan fingerprint density at radius 3 is 2.57 bits per heavy atom. The molecule has 202 valence electrons. The van der Waals surface area contributed by atoms with Crippen molar-refractivity contribution < 1.29 is 71.3 Å². The molecular weight excluding hydrogens is 579 g/mol. The number of hydrogen-bond donors (Lipinski definition) is 3. The number of fused-ring (bicyclic) bond motifs is 1. The average molecular weight is 607 g/mol. The second kappa shape index (κ2) is 15.2. The second-order valence-electron chi connectivity index (χ2n) is 8.29. The first-order chi connectivity index (χ1) is 17.1. The van der Waals surface area contributed by atoms with Crippen molar-refractivity contribution in [2.24, 2.45) is 0 Å². The van der Waals surface area contributed by atoms with Gasteiger partial charge < -0.3 is 25.3 Å². The van der Waals surface area contributed by atoms with Gasteiger partial charge in [0.1, 0.15) is 15.4 Å². The van der Waals surface area contributed by atoms with Crippen LogP contribution in [0.4, 0.5) is 4.79 Å². The summed E-state index contributed by atoms with van der Waals surface area (Å²) in [5.41, 5.74) is 0. The first-order valence-electron chi connectivity index (χ1n) is 11.3. The molecule has 3 saturated heterocycles. The van der Waals surface area contributed by atoms with Crippen LogP contribution in [0.3, 0.4) is 0 Å². The monoisotopic (exact) mass is 606 g/mol. The molecule has 3 aliphatic heterocycles. The third-order valence-electron chi connectivity index (χ3n) is 5.66. The van der Waals surface area contributed by atoms with Crippen molar-refractivity contribution in [1.82, 2.24) is 21.0 Å². The average Bonchev–Trinajstić information content (AvgIpc) is 3.44. The maximum absolute atomic E-state index is 12.0. The van der Waals surface area contributed by atoms with Crippen LogP contribution in [0, 0.1) is 0 Å². The predicted octanol–water partition coefficient (Wildman–Crippen LogP) is -3.27. The molecule has 3 N–H and O–H groups in total. The standard InChI is InChI=1S/C19H28N4O9S4.Na/c24-14(4-2-1-3-12-17-11(10-33-12)21-19(28)22-17)20-6-8-35-34-7-5-16(26)32-23-15(25)9-13(18(23)27)36(29,30)31;/h11-13,17H,1-10H2,(H,20,24)(H2,21,22,28)(H,29,30,31);/q;+1/p-1/t11-,12-,13?,17-;/m0./s1. The minimum Gasteiger partial charge on any atom is -0.747 e. The molecule has 0 saturated carbocycles. The Morgan fingerprint density at radius 2 is 1.86 bits per heavy atom. The van der Waals surface area contributed by atoms with E-state index < -0.39 is 39.6 Å². The van der Waals surface area contributed by atoms with Crippen LogP contribution in [-0.4, -0.2) is 94.1 Å². The van der Waals surface area contributed by atoms with E-state index in [2.05, 4.69) is 20.8 Å². The van der Waals surface area contributed by atoms with Crippen molar-refractivity contribution in [3.8, 4) is 0 Å². The Bertz CT molecular complexity index is 987. The molecule has 18 heteroatoms. The zero-order chi connectivity index (χ0) is 26.3. The van der Waals surface area contributed by atoms with E-state index in [1.807, 2.05) is 11.8 Å². The van der Waals surface area contributed by atoms with Crippen molar-refractivity contribution in [2.45, 2.75) is 61.1 Å². The molecule has 3 heterocycles. The smallest absolute Gasteiger partial charge is 0.747 e. The minimum atomic E-state index is -5.01. The normalized spacial score (nSPS) is 24.8. The number of amides is 5. The van der Waals surface area contributed by atoms with Crippen LogP contribution in [0.25, 0.3) is 0 Å². The van der Waals surface area contributed by atoms with Gasteiger partial charge in [-0.25, -0.2) is 18.0 Å². The molecule has 0 aliphatic carbocycles. The molecule has 0 aromatic heterocycles. The molecular formula is C19H27N4NaO9S4. The Balaban J connectivity index is 0.00000481. The summed E-state index contributed by atoms with van der Waals surface area (Å²) >= 11 is 1.85. The van der Waals surface area contributed by atoms with Gasteiger partial charge in [0.25, 0.3) is 11.8 Å². The third-order valence-corrected chi connectivity index (χ3v) is 10.6. The van der Waals surface area contributed by atoms with Gasteiger partial charge in [-0.2, -0.15) is 11.8 Å². The van der Waals surface area contributed by atoms with Crippen molar-refractivity contribution in [3.63, 3.8) is 0 Å². The zero-order valence-electron chi connectivity index (χ0n) is 20.1. The molecule has 37 heavy (non-hydrogen) atoms. The van der Waals surface area contributed by atoms with Crippen LogP contribution in [-0.2, 0) is 34.1 Å². The SMILES string of the molecule is O=C(CCCC[C@@H]1SC[C@@H]2NC(=O)N[C@@H]21)NCCSSCCC(=O)ON1C(=O)CC(S(=O)(=O)[O-])C1=O.[Na+]. The van der Waals surface area contributed by atoms with Crippen molar-refractivity contribution in [3.05, 3.63) is 0 Å². The molecule has 3 aliphatic rings. The number of rotatable bonds is 14. The molecule has 3 rings (SSSR count). The summed E-state index contributed by atoms with van der Waals surface area (Å²) in [6, 6.07) is 0.275. The minimum absolute atomic E-state index is 0.